The zero-order chi connectivity index (χ0) is 17.4. The molecule has 2 aromatic rings. The zero-order valence-corrected chi connectivity index (χ0v) is 14.1. The highest BCUT2D eigenvalue weighted by molar-refractivity contribution is 5.81. The van der Waals surface area contributed by atoms with Crippen LogP contribution in [0, 0.1) is 0 Å². The van der Waals surface area contributed by atoms with Gasteiger partial charge in [-0.3, -0.25) is 9.78 Å². The molecule has 2 N–H and O–H groups in total. The zero-order valence-electron chi connectivity index (χ0n) is 14.1. The quantitative estimate of drug-likeness (QED) is 0.574. The smallest absolute Gasteiger partial charge is 0.252 e. The SMILES string of the molecule is CCOc1ccc(/C=N\Nc2nc(CC)cc(=O)[nH]2)cc1OCC. The topological polar surface area (TPSA) is 88.6 Å². The van der Waals surface area contributed by atoms with Crippen LogP contribution in [0.1, 0.15) is 32.0 Å². The van der Waals surface area contributed by atoms with E-state index in [9.17, 15) is 4.79 Å². The van der Waals surface area contributed by atoms with Gasteiger partial charge in [0.2, 0.25) is 5.95 Å². The number of hydrazone groups is 1. The van der Waals surface area contributed by atoms with Gasteiger partial charge in [0.15, 0.2) is 11.5 Å². The Morgan fingerprint density at radius 3 is 2.62 bits per heavy atom. The lowest BCUT2D eigenvalue weighted by Gasteiger charge is -2.11. The predicted molar refractivity (Wildman–Crippen MR) is 94.2 cm³/mol. The summed E-state index contributed by atoms with van der Waals surface area (Å²) in [5.74, 6) is 1.68. The fourth-order valence-electron chi connectivity index (χ4n) is 2.06. The van der Waals surface area contributed by atoms with Crippen molar-refractivity contribution in [3.63, 3.8) is 0 Å². The van der Waals surface area contributed by atoms with E-state index in [1.807, 2.05) is 39.0 Å². The van der Waals surface area contributed by atoms with Gasteiger partial charge in [-0.25, -0.2) is 10.4 Å². The summed E-state index contributed by atoms with van der Waals surface area (Å²) in [4.78, 5) is 18.3. The molecule has 1 heterocycles. The molecule has 7 heteroatoms. The number of aryl methyl sites for hydroxylation is 1. The molecule has 0 aliphatic heterocycles. The highest BCUT2D eigenvalue weighted by atomic mass is 16.5. The van der Waals surface area contributed by atoms with Crippen LogP contribution in [0.5, 0.6) is 11.5 Å². The fraction of sp³-hybridized carbons (Fsp3) is 0.353. The van der Waals surface area contributed by atoms with Crippen LogP contribution in [0.2, 0.25) is 0 Å². The number of hydrogen-bond donors (Lipinski definition) is 2. The van der Waals surface area contributed by atoms with Crippen LogP contribution in [0.15, 0.2) is 34.2 Å². The van der Waals surface area contributed by atoms with Gasteiger partial charge in [-0.1, -0.05) is 6.92 Å². The number of rotatable bonds is 8. The first kappa shape index (κ1) is 17.5. The minimum Gasteiger partial charge on any atom is -0.490 e. The molecule has 0 aliphatic rings. The molecule has 0 bridgehead atoms. The maximum atomic E-state index is 11.5. The van der Waals surface area contributed by atoms with Gasteiger partial charge in [-0.15, -0.1) is 0 Å². The number of aromatic nitrogens is 2. The summed E-state index contributed by atoms with van der Waals surface area (Å²) in [5.41, 5.74) is 4.06. The van der Waals surface area contributed by atoms with E-state index in [2.05, 4.69) is 20.5 Å². The maximum absolute atomic E-state index is 11.5. The fourth-order valence-corrected chi connectivity index (χ4v) is 2.06. The summed E-state index contributed by atoms with van der Waals surface area (Å²) in [6.45, 7) is 6.90. The molecular formula is C17H22N4O3. The molecule has 0 unspecified atom stereocenters. The number of nitrogens with zero attached hydrogens (tertiary/aromatic N) is 2. The minimum absolute atomic E-state index is 0.209. The minimum atomic E-state index is -0.209. The average molecular weight is 330 g/mol. The molecule has 128 valence electrons. The summed E-state index contributed by atoms with van der Waals surface area (Å²) < 4.78 is 11.1. The molecule has 1 aromatic carbocycles. The van der Waals surface area contributed by atoms with Gasteiger partial charge in [0.1, 0.15) is 0 Å². The summed E-state index contributed by atoms with van der Waals surface area (Å²) in [7, 11) is 0. The number of aromatic amines is 1. The Morgan fingerprint density at radius 1 is 1.17 bits per heavy atom. The number of H-pyrrole nitrogens is 1. The van der Waals surface area contributed by atoms with Crippen LogP contribution in [0.4, 0.5) is 5.95 Å². The Labute approximate surface area is 140 Å². The Hall–Kier alpha value is -2.83. The van der Waals surface area contributed by atoms with E-state index >= 15 is 0 Å². The van der Waals surface area contributed by atoms with Crippen LogP contribution < -0.4 is 20.5 Å². The number of anilines is 1. The van der Waals surface area contributed by atoms with Gasteiger partial charge in [-0.05, 0) is 44.0 Å². The summed E-state index contributed by atoms with van der Waals surface area (Å²) in [5, 5.41) is 4.10. The van der Waals surface area contributed by atoms with Crippen molar-refractivity contribution in [2.75, 3.05) is 18.6 Å². The van der Waals surface area contributed by atoms with Gasteiger partial charge in [0.05, 0.1) is 19.4 Å². The van der Waals surface area contributed by atoms with E-state index in [0.29, 0.717) is 42.8 Å². The van der Waals surface area contributed by atoms with Crippen molar-refractivity contribution in [1.82, 2.24) is 9.97 Å². The van der Waals surface area contributed by atoms with Gasteiger partial charge in [0, 0.05) is 11.8 Å². The predicted octanol–water partition coefficient (Wildman–Crippen LogP) is 2.58. The van der Waals surface area contributed by atoms with Crippen molar-refractivity contribution in [2.24, 2.45) is 5.10 Å². The van der Waals surface area contributed by atoms with Crippen molar-refractivity contribution in [2.45, 2.75) is 27.2 Å². The van der Waals surface area contributed by atoms with Crippen molar-refractivity contribution in [1.29, 1.82) is 0 Å². The second kappa shape index (κ2) is 8.71. The van der Waals surface area contributed by atoms with E-state index in [4.69, 9.17) is 9.47 Å². The summed E-state index contributed by atoms with van der Waals surface area (Å²) in [6.07, 6.45) is 2.30. The lowest BCUT2D eigenvalue weighted by molar-refractivity contribution is 0.288. The van der Waals surface area contributed by atoms with Crippen molar-refractivity contribution < 1.29 is 9.47 Å². The number of ether oxygens (including phenoxy) is 2. The molecule has 0 spiro atoms. The summed E-state index contributed by atoms with van der Waals surface area (Å²) in [6, 6.07) is 7.03. The third kappa shape index (κ3) is 4.84. The third-order valence-electron chi connectivity index (χ3n) is 3.11. The first-order valence-corrected chi connectivity index (χ1v) is 7.95. The molecule has 2 rings (SSSR count). The Morgan fingerprint density at radius 2 is 1.92 bits per heavy atom. The van der Waals surface area contributed by atoms with Crippen LogP contribution in [-0.4, -0.2) is 29.4 Å². The van der Waals surface area contributed by atoms with E-state index in [1.165, 1.54) is 6.07 Å². The maximum Gasteiger partial charge on any atom is 0.252 e. The van der Waals surface area contributed by atoms with Crippen molar-refractivity contribution in [3.05, 3.63) is 45.9 Å². The summed E-state index contributed by atoms with van der Waals surface area (Å²) >= 11 is 0. The van der Waals surface area contributed by atoms with Crippen LogP contribution in [-0.2, 0) is 6.42 Å². The number of benzene rings is 1. The molecule has 24 heavy (non-hydrogen) atoms. The van der Waals surface area contributed by atoms with Gasteiger partial charge in [-0.2, -0.15) is 5.10 Å². The first-order valence-electron chi connectivity index (χ1n) is 7.95. The van der Waals surface area contributed by atoms with Crippen LogP contribution in [0.25, 0.3) is 0 Å². The Balaban J connectivity index is 2.12. The molecule has 0 amide bonds. The molecule has 0 atom stereocenters. The van der Waals surface area contributed by atoms with Crippen molar-refractivity contribution >= 4 is 12.2 Å². The molecule has 1 aromatic heterocycles. The normalized spacial score (nSPS) is 10.8. The molecule has 0 radical (unpaired) electrons. The van der Waals surface area contributed by atoms with Crippen LogP contribution in [0.3, 0.4) is 0 Å². The van der Waals surface area contributed by atoms with E-state index in [1.54, 1.807) is 6.21 Å². The standard InChI is InChI=1S/C17H22N4O3/c1-4-13-10-16(22)20-17(19-13)21-18-11-12-7-8-14(23-5-2)15(9-12)24-6-3/h7-11H,4-6H2,1-3H3,(H2,19,20,21,22)/b18-11-. The van der Waals surface area contributed by atoms with Gasteiger partial charge >= 0.3 is 0 Å². The largest absolute Gasteiger partial charge is 0.490 e. The van der Waals surface area contributed by atoms with Crippen LogP contribution >= 0.6 is 0 Å². The first-order chi connectivity index (χ1) is 11.7. The van der Waals surface area contributed by atoms with E-state index in [0.717, 1.165) is 5.56 Å². The lowest BCUT2D eigenvalue weighted by Crippen LogP contribution is -2.11. The molecule has 0 aliphatic carbocycles. The second-order valence-electron chi connectivity index (χ2n) is 4.88. The molecule has 0 saturated carbocycles. The lowest BCUT2D eigenvalue weighted by atomic mass is 10.2. The highest BCUT2D eigenvalue weighted by Crippen LogP contribution is 2.27. The monoisotopic (exact) mass is 330 g/mol. The Kier molecular flexibility index (Phi) is 6.36. The molecular weight excluding hydrogens is 308 g/mol. The van der Waals surface area contributed by atoms with Gasteiger partial charge < -0.3 is 9.47 Å². The highest BCUT2D eigenvalue weighted by Gasteiger charge is 2.05. The van der Waals surface area contributed by atoms with Crippen molar-refractivity contribution in [3.8, 4) is 11.5 Å². The number of hydrogen-bond acceptors (Lipinski definition) is 6. The van der Waals surface area contributed by atoms with E-state index in [-0.39, 0.29) is 5.56 Å². The van der Waals surface area contributed by atoms with Gasteiger partial charge in [0.25, 0.3) is 5.56 Å². The average Bonchev–Trinajstić information content (AvgIpc) is 2.57. The second-order valence-corrected chi connectivity index (χ2v) is 4.88. The Bertz CT molecular complexity index is 756. The number of nitrogens with one attached hydrogen (secondary N) is 2. The third-order valence-corrected chi connectivity index (χ3v) is 3.11. The molecule has 0 saturated heterocycles. The molecule has 7 nitrogen and oxygen atoms in total. The van der Waals surface area contributed by atoms with E-state index < -0.39 is 0 Å². The molecule has 0 fully saturated rings.